The van der Waals surface area contributed by atoms with Gasteiger partial charge in [0, 0.05) is 37.7 Å². The van der Waals surface area contributed by atoms with Crippen LogP contribution in [0.2, 0.25) is 0 Å². The monoisotopic (exact) mass is 412 g/mol. The molecule has 3 aromatic rings. The largest absolute Gasteiger partial charge is 0.313 e. The van der Waals surface area contributed by atoms with E-state index in [0.29, 0.717) is 24.6 Å². The van der Waals surface area contributed by atoms with E-state index in [0.717, 1.165) is 17.1 Å². The van der Waals surface area contributed by atoms with Crippen LogP contribution >= 0.6 is 0 Å². The van der Waals surface area contributed by atoms with E-state index in [1.54, 1.807) is 0 Å². The van der Waals surface area contributed by atoms with Gasteiger partial charge in [-0.2, -0.15) is 0 Å². The molecule has 2 aromatic carbocycles. The topological polar surface area (TPSA) is 50.2 Å². The second kappa shape index (κ2) is 7.47. The van der Waals surface area contributed by atoms with Gasteiger partial charge in [0.2, 0.25) is 11.9 Å². The van der Waals surface area contributed by atoms with E-state index >= 15 is 0 Å². The molecule has 0 unspecified atom stereocenters. The number of likely N-dealkylation sites (tertiary alicyclic amines) is 1. The number of nitrogens with zero attached hydrogens (tertiary/aromatic N) is 3. The summed E-state index contributed by atoms with van der Waals surface area (Å²) in [6.07, 6.45) is 0. The molecule has 1 aromatic heterocycles. The van der Waals surface area contributed by atoms with E-state index in [2.05, 4.69) is 36.0 Å². The Bertz CT molecular complexity index is 1100. The minimum absolute atomic E-state index is 0.179. The number of amides is 1. The molecule has 7 heteroatoms. The summed E-state index contributed by atoms with van der Waals surface area (Å²) in [6.45, 7) is 7.21. The van der Waals surface area contributed by atoms with E-state index in [9.17, 15) is 13.6 Å². The predicted octanol–water partition coefficient (Wildman–Crippen LogP) is 4.30. The molecular weight excluding hydrogens is 386 g/mol. The zero-order chi connectivity index (χ0) is 21.6. The maximum atomic E-state index is 14.6. The Kier molecular flexibility index (Phi) is 5.10. The summed E-state index contributed by atoms with van der Waals surface area (Å²) >= 11 is 0. The summed E-state index contributed by atoms with van der Waals surface area (Å²) in [5.41, 5.74) is 1.89. The van der Waals surface area contributed by atoms with Crippen molar-refractivity contribution in [3.63, 3.8) is 0 Å². The number of aryl methyl sites for hydroxylation is 1. The number of carbonyl (C=O) groups is 1. The number of aromatic nitrogens is 2. The Labute approximate surface area is 174 Å². The third-order valence-corrected chi connectivity index (χ3v) is 5.99. The average Bonchev–Trinajstić information content (AvgIpc) is 3.24. The first-order chi connectivity index (χ1) is 14.1. The number of hydrogen-bond acceptors (Lipinski definition) is 3. The van der Waals surface area contributed by atoms with Crippen LogP contribution < -0.4 is 5.32 Å². The number of nitrogens with one attached hydrogen (secondary N) is 1. The molecule has 0 radical (unpaired) electrons. The lowest BCUT2D eigenvalue weighted by Gasteiger charge is -2.31. The van der Waals surface area contributed by atoms with Gasteiger partial charge in [-0.25, -0.2) is 13.8 Å². The normalized spacial score (nSPS) is 20.1. The lowest BCUT2D eigenvalue weighted by atomic mass is 9.88. The van der Waals surface area contributed by atoms with Crippen molar-refractivity contribution >= 4 is 22.9 Å². The van der Waals surface area contributed by atoms with Crippen LogP contribution in [0.25, 0.3) is 11.0 Å². The first-order valence-corrected chi connectivity index (χ1v) is 10.1. The van der Waals surface area contributed by atoms with Crippen molar-refractivity contribution in [2.75, 3.05) is 18.4 Å². The molecule has 30 heavy (non-hydrogen) atoms. The summed E-state index contributed by atoms with van der Waals surface area (Å²) in [4.78, 5) is 20.0. The number of benzene rings is 2. The summed E-state index contributed by atoms with van der Waals surface area (Å²) in [5.74, 6) is -1.86. The molecule has 1 fully saturated rings. The molecular formula is C23H26F2N4O. The van der Waals surface area contributed by atoms with Gasteiger partial charge >= 0.3 is 0 Å². The zero-order valence-electron chi connectivity index (χ0n) is 17.6. The van der Waals surface area contributed by atoms with Gasteiger partial charge in [-0.15, -0.1) is 0 Å². The molecule has 1 amide bonds. The van der Waals surface area contributed by atoms with Crippen LogP contribution in [-0.4, -0.2) is 39.0 Å². The number of fused-ring (bicyclic) bond motifs is 1. The molecule has 0 aliphatic carbocycles. The van der Waals surface area contributed by atoms with Crippen LogP contribution in [0, 0.1) is 17.6 Å². The highest BCUT2D eigenvalue weighted by atomic mass is 19.1. The highest BCUT2D eigenvalue weighted by Crippen LogP contribution is 2.38. The number of imidazole rings is 1. The van der Waals surface area contributed by atoms with Crippen LogP contribution in [-0.2, 0) is 11.8 Å². The van der Waals surface area contributed by atoms with Crippen molar-refractivity contribution in [2.24, 2.45) is 13.0 Å². The van der Waals surface area contributed by atoms with E-state index in [4.69, 9.17) is 0 Å². The fraction of sp³-hybridized carbons (Fsp3) is 0.391. The van der Waals surface area contributed by atoms with Crippen molar-refractivity contribution in [1.82, 2.24) is 14.5 Å². The molecule has 0 saturated carbocycles. The molecule has 158 valence electrons. The van der Waals surface area contributed by atoms with E-state index < -0.39 is 17.6 Å². The number of anilines is 1. The zero-order valence-corrected chi connectivity index (χ0v) is 17.6. The van der Waals surface area contributed by atoms with Crippen molar-refractivity contribution in [3.05, 3.63) is 59.7 Å². The van der Waals surface area contributed by atoms with Gasteiger partial charge in [-0.3, -0.25) is 15.0 Å². The number of rotatable bonds is 3. The Morgan fingerprint density at radius 2 is 1.87 bits per heavy atom. The van der Waals surface area contributed by atoms with Gasteiger partial charge in [-0.05, 0) is 44.5 Å². The number of carbonyl (C=O) groups excluding carboxylic acids is 1. The fourth-order valence-electron chi connectivity index (χ4n) is 4.19. The van der Waals surface area contributed by atoms with Crippen LogP contribution in [0.4, 0.5) is 14.7 Å². The Hall–Kier alpha value is -2.80. The van der Waals surface area contributed by atoms with Gasteiger partial charge in [0.1, 0.15) is 11.6 Å². The third-order valence-electron chi connectivity index (χ3n) is 5.99. The van der Waals surface area contributed by atoms with Gasteiger partial charge in [-0.1, -0.05) is 18.2 Å². The summed E-state index contributed by atoms with van der Waals surface area (Å²) in [6, 6.07) is 11.2. The lowest BCUT2D eigenvalue weighted by Crippen LogP contribution is -2.40. The molecule has 2 heterocycles. The van der Waals surface area contributed by atoms with Crippen molar-refractivity contribution in [2.45, 2.75) is 32.2 Å². The van der Waals surface area contributed by atoms with Crippen molar-refractivity contribution in [3.8, 4) is 0 Å². The standard InChI is InChI=1S/C23H26F2N4O/c1-23(2,3)29-12-16(15-10-9-14(24)11-18(15)25)17(13-29)21(30)27-22-26-19-7-5-6-8-20(19)28(22)4/h5-11,16-17H,12-13H2,1-4H3,(H,26,27,30)/t16-,17+/m0/s1. The third kappa shape index (κ3) is 3.69. The fourth-order valence-corrected chi connectivity index (χ4v) is 4.19. The van der Waals surface area contributed by atoms with Gasteiger partial charge in [0.25, 0.3) is 0 Å². The summed E-state index contributed by atoms with van der Waals surface area (Å²) in [7, 11) is 1.85. The van der Waals surface area contributed by atoms with E-state index in [1.807, 2.05) is 35.9 Å². The molecule has 2 atom stereocenters. The Morgan fingerprint density at radius 3 is 2.53 bits per heavy atom. The number of halogens is 2. The molecule has 1 N–H and O–H groups in total. The summed E-state index contributed by atoms with van der Waals surface area (Å²) in [5, 5.41) is 2.93. The summed E-state index contributed by atoms with van der Waals surface area (Å²) < 4.78 is 29.9. The van der Waals surface area contributed by atoms with Crippen LogP contribution in [0.3, 0.4) is 0 Å². The van der Waals surface area contributed by atoms with Crippen molar-refractivity contribution < 1.29 is 13.6 Å². The molecule has 0 spiro atoms. The smallest absolute Gasteiger partial charge is 0.231 e. The number of hydrogen-bond donors (Lipinski definition) is 1. The molecule has 4 rings (SSSR count). The Balaban J connectivity index is 1.66. The maximum Gasteiger partial charge on any atom is 0.231 e. The van der Waals surface area contributed by atoms with Crippen molar-refractivity contribution in [1.29, 1.82) is 0 Å². The molecule has 1 aliphatic heterocycles. The SMILES string of the molecule is Cn1c(NC(=O)[C@@H]2CN(C(C)(C)C)C[C@H]2c2ccc(F)cc2F)nc2ccccc21. The molecule has 1 aliphatic rings. The van der Waals surface area contributed by atoms with Gasteiger partial charge in [0.15, 0.2) is 0 Å². The second-order valence-electron chi connectivity index (χ2n) is 8.93. The quantitative estimate of drug-likeness (QED) is 0.698. The second-order valence-corrected chi connectivity index (χ2v) is 8.93. The predicted molar refractivity (Wildman–Crippen MR) is 113 cm³/mol. The van der Waals surface area contributed by atoms with Crippen LogP contribution in [0.1, 0.15) is 32.3 Å². The van der Waals surface area contributed by atoms with E-state index in [-0.39, 0.29) is 17.4 Å². The molecule has 0 bridgehead atoms. The maximum absolute atomic E-state index is 14.6. The Morgan fingerprint density at radius 1 is 1.13 bits per heavy atom. The highest BCUT2D eigenvalue weighted by Gasteiger charge is 2.43. The average molecular weight is 412 g/mol. The van der Waals surface area contributed by atoms with Gasteiger partial charge in [0.05, 0.1) is 17.0 Å². The van der Waals surface area contributed by atoms with E-state index in [1.165, 1.54) is 12.1 Å². The highest BCUT2D eigenvalue weighted by molar-refractivity contribution is 5.94. The van der Waals surface area contributed by atoms with Gasteiger partial charge < -0.3 is 4.57 Å². The first-order valence-electron chi connectivity index (χ1n) is 10.1. The van der Waals surface area contributed by atoms with Crippen LogP contribution in [0.15, 0.2) is 42.5 Å². The molecule has 1 saturated heterocycles. The minimum Gasteiger partial charge on any atom is -0.313 e. The molecule has 5 nitrogen and oxygen atoms in total. The lowest BCUT2D eigenvalue weighted by molar-refractivity contribution is -0.120. The minimum atomic E-state index is -0.623. The number of para-hydroxylation sites is 2. The van der Waals surface area contributed by atoms with Crippen LogP contribution in [0.5, 0.6) is 0 Å². The first kappa shape index (κ1) is 20.5.